The molecule has 0 aliphatic heterocycles. The van der Waals surface area contributed by atoms with Crippen molar-refractivity contribution in [1.82, 2.24) is 5.32 Å². The van der Waals surface area contributed by atoms with Gasteiger partial charge in [0.25, 0.3) is 0 Å². The number of ether oxygens (including phenoxy) is 2. The number of methoxy groups -OCH3 is 1. The van der Waals surface area contributed by atoms with Crippen molar-refractivity contribution < 1.29 is 18.3 Å². The number of alkyl halides is 2. The molecule has 102 valence electrons. The first-order valence-electron chi connectivity index (χ1n) is 5.85. The predicted octanol–water partition coefficient (Wildman–Crippen LogP) is 3.04. The summed E-state index contributed by atoms with van der Waals surface area (Å²) >= 11 is 0. The molecule has 0 unspecified atom stereocenters. The molecule has 0 aromatic heterocycles. The molecule has 0 saturated heterocycles. The summed E-state index contributed by atoms with van der Waals surface area (Å²) in [5, 5.41) is 3.19. The van der Waals surface area contributed by atoms with Crippen LogP contribution in [0.2, 0.25) is 0 Å². The highest BCUT2D eigenvalue weighted by Crippen LogP contribution is 2.26. The first kappa shape index (κ1) is 14.7. The van der Waals surface area contributed by atoms with E-state index in [0.29, 0.717) is 23.8 Å². The summed E-state index contributed by atoms with van der Waals surface area (Å²) in [4.78, 5) is 0. The molecular formula is C13H19F2NO2. The lowest BCUT2D eigenvalue weighted by Gasteiger charge is -2.13. The van der Waals surface area contributed by atoms with E-state index in [1.54, 1.807) is 12.1 Å². The van der Waals surface area contributed by atoms with Gasteiger partial charge in [-0.1, -0.05) is 19.9 Å². The van der Waals surface area contributed by atoms with Crippen LogP contribution >= 0.6 is 0 Å². The standard InChI is InChI=1S/C13H19F2NO2/c1-9(2)7-16-8-10-4-5-11(17-3)6-12(10)18-13(14)15/h4-6,9,13,16H,7-8H2,1-3H3. The van der Waals surface area contributed by atoms with Gasteiger partial charge in [0.05, 0.1) is 7.11 Å². The van der Waals surface area contributed by atoms with Crippen LogP contribution in [0.5, 0.6) is 11.5 Å². The van der Waals surface area contributed by atoms with Crippen molar-refractivity contribution in [2.75, 3.05) is 13.7 Å². The van der Waals surface area contributed by atoms with Gasteiger partial charge in [0.15, 0.2) is 0 Å². The van der Waals surface area contributed by atoms with Crippen LogP contribution in [0.15, 0.2) is 18.2 Å². The Balaban J connectivity index is 2.74. The zero-order valence-corrected chi connectivity index (χ0v) is 10.9. The minimum absolute atomic E-state index is 0.153. The third kappa shape index (κ3) is 4.87. The van der Waals surface area contributed by atoms with Crippen LogP contribution in [-0.4, -0.2) is 20.3 Å². The lowest BCUT2D eigenvalue weighted by Crippen LogP contribution is -2.19. The lowest BCUT2D eigenvalue weighted by atomic mass is 10.1. The van der Waals surface area contributed by atoms with E-state index in [1.165, 1.54) is 13.2 Å². The Morgan fingerprint density at radius 3 is 2.56 bits per heavy atom. The average Bonchev–Trinajstić information content (AvgIpc) is 2.29. The molecule has 1 aromatic carbocycles. The molecule has 0 aliphatic rings. The normalized spacial score (nSPS) is 11.1. The van der Waals surface area contributed by atoms with Crippen LogP contribution in [0, 0.1) is 5.92 Å². The fraction of sp³-hybridized carbons (Fsp3) is 0.538. The molecule has 1 rings (SSSR count). The molecule has 0 heterocycles. The molecule has 0 bridgehead atoms. The van der Waals surface area contributed by atoms with E-state index in [1.807, 2.05) is 0 Å². The van der Waals surface area contributed by atoms with Crippen molar-refractivity contribution >= 4 is 0 Å². The molecule has 1 N–H and O–H groups in total. The number of rotatable bonds is 7. The molecule has 0 spiro atoms. The molecule has 0 fully saturated rings. The molecule has 0 aliphatic carbocycles. The summed E-state index contributed by atoms with van der Waals surface area (Å²) in [6.45, 7) is 2.64. The van der Waals surface area contributed by atoms with Crippen molar-refractivity contribution in [2.45, 2.75) is 27.0 Å². The fourth-order valence-electron chi connectivity index (χ4n) is 1.51. The number of hydrogen-bond donors (Lipinski definition) is 1. The smallest absolute Gasteiger partial charge is 0.387 e. The van der Waals surface area contributed by atoms with E-state index < -0.39 is 6.61 Å². The van der Waals surface area contributed by atoms with Crippen LogP contribution in [0.3, 0.4) is 0 Å². The second-order valence-corrected chi connectivity index (χ2v) is 4.38. The topological polar surface area (TPSA) is 30.5 Å². The first-order valence-corrected chi connectivity index (χ1v) is 5.85. The van der Waals surface area contributed by atoms with Crippen molar-refractivity contribution in [1.29, 1.82) is 0 Å². The van der Waals surface area contributed by atoms with Gasteiger partial charge in [0.1, 0.15) is 11.5 Å². The largest absolute Gasteiger partial charge is 0.497 e. The Bertz CT molecular complexity index is 370. The number of nitrogens with one attached hydrogen (secondary N) is 1. The predicted molar refractivity (Wildman–Crippen MR) is 66.2 cm³/mol. The highest BCUT2D eigenvalue weighted by atomic mass is 19.3. The van der Waals surface area contributed by atoms with Crippen LogP contribution in [-0.2, 0) is 6.54 Å². The highest BCUT2D eigenvalue weighted by Gasteiger charge is 2.11. The van der Waals surface area contributed by atoms with Crippen molar-refractivity contribution in [3.8, 4) is 11.5 Å². The van der Waals surface area contributed by atoms with Gasteiger partial charge >= 0.3 is 6.61 Å². The van der Waals surface area contributed by atoms with Gasteiger partial charge in [-0.2, -0.15) is 8.78 Å². The Labute approximate surface area is 106 Å². The van der Waals surface area contributed by atoms with Crippen LogP contribution in [0.4, 0.5) is 8.78 Å². The van der Waals surface area contributed by atoms with Gasteiger partial charge in [0.2, 0.25) is 0 Å². The van der Waals surface area contributed by atoms with Crippen LogP contribution < -0.4 is 14.8 Å². The molecule has 0 saturated carbocycles. The third-order valence-electron chi connectivity index (χ3n) is 2.36. The summed E-state index contributed by atoms with van der Waals surface area (Å²) in [5.41, 5.74) is 0.691. The van der Waals surface area contributed by atoms with E-state index in [2.05, 4.69) is 23.9 Å². The Hall–Kier alpha value is -1.36. The van der Waals surface area contributed by atoms with Crippen LogP contribution in [0.1, 0.15) is 19.4 Å². The minimum atomic E-state index is -2.83. The SMILES string of the molecule is COc1ccc(CNCC(C)C)c(OC(F)F)c1. The molecule has 0 atom stereocenters. The molecule has 3 nitrogen and oxygen atoms in total. The van der Waals surface area contributed by atoms with E-state index in [9.17, 15) is 8.78 Å². The first-order chi connectivity index (χ1) is 8.52. The summed E-state index contributed by atoms with van der Waals surface area (Å²) in [7, 11) is 1.48. The zero-order chi connectivity index (χ0) is 13.5. The number of hydrogen-bond acceptors (Lipinski definition) is 3. The van der Waals surface area contributed by atoms with Gasteiger partial charge in [-0.05, 0) is 18.5 Å². The van der Waals surface area contributed by atoms with Crippen molar-refractivity contribution in [3.63, 3.8) is 0 Å². The van der Waals surface area contributed by atoms with E-state index in [4.69, 9.17) is 4.74 Å². The second-order valence-electron chi connectivity index (χ2n) is 4.38. The lowest BCUT2D eigenvalue weighted by molar-refractivity contribution is -0.0505. The maximum atomic E-state index is 12.3. The monoisotopic (exact) mass is 259 g/mol. The Morgan fingerprint density at radius 2 is 2.00 bits per heavy atom. The van der Waals surface area contributed by atoms with Gasteiger partial charge in [-0.3, -0.25) is 0 Å². The summed E-state index contributed by atoms with van der Waals surface area (Å²) in [6.07, 6.45) is 0. The third-order valence-corrected chi connectivity index (χ3v) is 2.36. The van der Waals surface area contributed by atoms with Gasteiger partial charge in [0, 0.05) is 18.2 Å². The van der Waals surface area contributed by atoms with Crippen LogP contribution in [0.25, 0.3) is 0 Å². The van der Waals surface area contributed by atoms with Gasteiger partial charge in [-0.25, -0.2) is 0 Å². The van der Waals surface area contributed by atoms with E-state index in [0.717, 1.165) is 6.54 Å². The quantitative estimate of drug-likeness (QED) is 0.816. The molecule has 0 amide bonds. The van der Waals surface area contributed by atoms with Gasteiger partial charge in [-0.15, -0.1) is 0 Å². The zero-order valence-electron chi connectivity index (χ0n) is 10.9. The van der Waals surface area contributed by atoms with Gasteiger partial charge < -0.3 is 14.8 Å². The minimum Gasteiger partial charge on any atom is -0.497 e. The number of benzene rings is 1. The molecule has 0 radical (unpaired) electrons. The summed E-state index contributed by atoms with van der Waals surface area (Å²) in [5.74, 6) is 1.15. The van der Waals surface area contributed by atoms with E-state index in [-0.39, 0.29) is 5.75 Å². The highest BCUT2D eigenvalue weighted by molar-refractivity contribution is 5.40. The molecule has 1 aromatic rings. The van der Waals surface area contributed by atoms with Crippen molar-refractivity contribution in [3.05, 3.63) is 23.8 Å². The Kier molecular flexibility index (Phi) is 5.85. The fourth-order valence-corrected chi connectivity index (χ4v) is 1.51. The second kappa shape index (κ2) is 7.16. The maximum Gasteiger partial charge on any atom is 0.387 e. The van der Waals surface area contributed by atoms with E-state index >= 15 is 0 Å². The summed E-state index contributed by atoms with van der Waals surface area (Å²) in [6, 6.07) is 4.92. The average molecular weight is 259 g/mol. The summed E-state index contributed by atoms with van der Waals surface area (Å²) < 4.78 is 34.1. The molecule has 5 heteroatoms. The molecule has 18 heavy (non-hydrogen) atoms. The van der Waals surface area contributed by atoms with Crippen molar-refractivity contribution in [2.24, 2.45) is 5.92 Å². The Morgan fingerprint density at radius 1 is 1.28 bits per heavy atom. The maximum absolute atomic E-state index is 12.3. The number of halogens is 2. The molecular weight excluding hydrogens is 240 g/mol.